The molecule has 1 aliphatic rings. The first kappa shape index (κ1) is 21.1. The minimum atomic E-state index is -0.107. The molecule has 2 aromatic carbocycles. The van der Waals surface area contributed by atoms with Crippen LogP contribution in [0.5, 0.6) is 5.75 Å². The van der Waals surface area contributed by atoms with E-state index in [4.69, 9.17) is 16.3 Å². The molecule has 1 aliphatic heterocycles. The van der Waals surface area contributed by atoms with Gasteiger partial charge < -0.3 is 15.0 Å². The predicted octanol–water partition coefficient (Wildman–Crippen LogP) is 3.06. The minimum Gasteiger partial charge on any atom is -0.491 e. The van der Waals surface area contributed by atoms with E-state index in [0.29, 0.717) is 23.8 Å². The van der Waals surface area contributed by atoms with Gasteiger partial charge >= 0.3 is 0 Å². The summed E-state index contributed by atoms with van der Waals surface area (Å²) < 4.78 is 5.75. The number of nitrogens with zero attached hydrogens (tertiary/aromatic N) is 2. The van der Waals surface area contributed by atoms with Gasteiger partial charge in [0.15, 0.2) is 0 Å². The first-order valence-corrected chi connectivity index (χ1v) is 10.1. The molecule has 29 heavy (non-hydrogen) atoms. The van der Waals surface area contributed by atoms with Crippen molar-refractivity contribution in [3.8, 4) is 5.75 Å². The van der Waals surface area contributed by atoms with Gasteiger partial charge in [0, 0.05) is 45.3 Å². The zero-order valence-corrected chi connectivity index (χ0v) is 17.3. The van der Waals surface area contributed by atoms with Gasteiger partial charge in [-0.15, -0.1) is 0 Å². The molecule has 0 unspecified atom stereocenters. The smallest absolute Gasteiger partial charge is 0.227 e. The van der Waals surface area contributed by atoms with E-state index in [0.717, 1.165) is 44.0 Å². The second-order valence-corrected chi connectivity index (χ2v) is 7.46. The van der Waals surface area contributed by atoms with Crippen LogP contribution in [0.4, 0.5) is 5.69 Å². The fourth-order valence-corrected chi connectivity index (χ4v) is 3.45. The van der Waals surface area contributed by atoms with Crippen LogP contribution in [-0.2, 0) is 16.0 Å². The molecule has 0 aliphatic carbocycles. The monoisotopic (exact) mass is 415 g/mol. The average molecular weight is 416 g/mol. The summed E-state index contributed by atoms with van der Waals surface area (Å²) in [5.41, 5.74) is 1.68. The highest BCUT2D eigenvalue weighted by Crippen LogP contribution is 2.23. The van der Waals surface area contributed by atoms with Crippen molar-refractivity contribution in [2.24, 2.45) is 0 Å². The molecule has 1 N–H and O–H groups in total. The van der Waals surface area contributed by atoms with Crippen LogP contribution < -0.4 is 10.1 Å². The van der Waals surface area contributed by atoms with E-state index in [1.54, 1.807) is 0 Å². The Morgan fingerprint density at radius 1 is 1.03 bits per heavy atom. The molecule has 1 fully saturated rings. The molecule has 6 nitrogen and oxygen atoms in total. The lowest BCUT2D eigenvalue weighted by molar-refractivity contribution is -0.132. The van der Waals surface area contributed by atoms with Crippen LogP contribution in [0.1, 0.15) is 12.5 Å². The predicted molar refractivity (Wildman–Crippen MR) is 114 cm³/mol. The molecule has 2 amide bonds. The molecular weight excluding hydrogens is 390 g/mol. The highest BCUT2D eigenvalue weighted by Gasteiger charge is 2.21. The average Bonchev–Trinajstić information content (AvgIpc) is 2.71. The maximum atomic E-state index is 12.6. The number of carbonyl (C=O) groups is 2. The summed E-state index contributed by atoms with van der Waals surface area (Å²) in [5.74, 6) is 0.723. The van der Waals surface area contributed by atoms with E-state index >= 15 is 0 Å². The highest BCUT2D eigenvalue weighted by molar-refractivity contribution is 6.32. The Morgan fingerprint density at radius 3 is 2.38 bits per heavy atom. The van der Waals surface area contributed by atoms with Gasteiger partial charge in [-0.1, -0.05) is 35.9 Å². The van der Waals surface area contributed by atoms with Gasteiger partial charge in [0.05, 0.1) is 11.4 Å². The third-order valence-corrected chi connectivity index (χ3v) is 5.17. The largest absolute Gasteiger partial charge is 0.491 e. The molecule has 2 aromatic rings. The molecular formula is C22H26ClN3O3. The number of rotatable bonds is 7. The summed E-state index contributed by atoms with van der Waals surface area (Å²) in [6.45, 7) is 5.94. The van der Waals surface area contributed by atoms with Crippen molar-refractivity contribution >= 4 is 29.1 Å². The standard InChI is InChI=1S/C22H26ClN3O3/c1-17(27)24-19-8-6-18(7-9-19)16-22(28)26-12-10-25(11-13-26)14-15-29-21-5-3-2-4-20(21)23/h2-9H,10-16H2,1H3,(H,24,27). The van der Waals surface area contributed by atoms with E-state index in [-0.39, 0.29) is 11.8 Å². The van der Waals surface area contributed by atoms with Crippen LogP contribution in [0.3, 0.4) is 0 Å². The van der Waals surface area contributed by atoms with Crippen LogP contribution in [0, 0.1) is 0 Å². The zero-order valence-electron chi connectivity index (χ0n) is 16.6. The Labute approximate surface area is 176 Å². The first-order chi connectivity index (χ1) is 14.0. The fraction of sp³-hybridized carbons (Fsp3) is 0.364. The van der Waals surface area contributed by atoms with Gasteiger partial charge in [-0.2, -0.15) is 0 Å². The van der Waals surface area contributed by atoms with Crippen LogP contribution in [-0.4, -0.2) is 60.9 Å². The molecule has 154 valence electrons. The summed E-state index contributed by atoms with van der Waals surface area (Å²) in [4.78, 5) is 27.8. The second-order valence-electron chi connectivity index (χ2n) is 7.06. The Bertz CT molecular complexity index is 833. The van der Waals surface area contributed by atoms with E-state index in [9.17, 15) is 9.59 Å². The number of amides is 2. The number of carbonyl (C=O) groups excluding carboxylic acids is 2. The van der Waals surface area contributed by atoms with Gasteiger partial charge in [-0.3, -0.25) is 14.5 Å². The number of ether oxygens (including phenoxy) is 1. The van der Waals surface area contributed by atoms with Gasteiger partial charge in [0.25, 0.3) is 0 Å². The molecule has 0 spiro atoms. The summed E-state index contributed by atoms with van der Waals surface area (Å²) >= 11 is 6.10. The van der Waals surface area contributed by atoms with Gasteiger partial charge in [0.2, 0.25) is 11.8 Å². The number of hydrogen-bond donors (Lipinski definition) is 1. The molecule has 0 bridgehead atoms. The zero-order chi connectivity index (χ0) is 20.6. The molecule has 3 rings (SSSR count). The van der Waals surface area contributed by atoms with E-state index in [1.807, 2.05) is 53.4 Å². The number of anilines is 1. The SMILES string of the molecule is CC(=O)Nc1ccc(CC(=O)N2CCN(CCOc3ccccc3Cl)CC2)cc1. The normalized spacial score (nSPS) is 14.5. The topological polar surface area (TPSA) is 61.9 Å². The Morgan fingerprint density at radius 2 is 1.72 bits per heavy atom. The highest BCUT2D eigenvalue weighted by atomic mass is 35.5. The molecule has 1 heterocycles. The van der Waals surface area contributed by atoms with Gasteiger partial charge in [-0.25, -0.2) is 0 Å². The van der Waals surface area contributed by atoms with Crippen molar-refractivity contribution in [3.63, 3.8) is 0 Å². The maximum Gasteiger partial charge on any atom is 0.227 e. The number of para-hydroxylation sites is 1. The molecule has 0 atom stereocenters. The first-order valence-electron chi connectivity index (χ1n) is 9.75. The summed E-state index contributed by atoms with van der Waals surface area (Å²) in [7, 11) is 0. The number of piperazine rings is 1. The van der Waals surface area contributed by atoms with Crippen molar-refractivity contribution in [1.29, 1.82) is 0 Å². The summed E-state index contributed by atoms with van der Waals surface area (Å²) in [6, 6.07) is 14.9. The van der Waals surface area contributed by atoms with E-state index in [2.05, 4.69) is 10.2 Å². The van der Waals surface area contributed by atoms with Crippen molar-refractivity contribution in [3.05, 3.63) is 59.1 Å². The Balaban J connectivity index is 1.39. The number of benzene rings is 2. The van der Waals surface area contributed by atoms with Crippen LogP contribution in [0.25, 0.3) is 0 Å². The van der Waals surface area contributed by atoms with Crippen LogP contribution in [0.2, 0.25) is 5.02 Å². The van der Waals surface area contributed by atoms with Crippen molar-refractivity contribution in [2.45, 2.75) is 13.3 Å². The minimum absolute atomic E-state index is 0.107. The molecule has 0 saturated carbocycles. The van der Waals surface area contributed by atoms with Crippen molar-refractivity contribution in [1.82, 2.24) is 9.80 Å². The van der Waals surface area contributed by atoms with E-state index in [1.165, 1.54) is 6.92 Å². The van der Waals surface area contributed by atoms with Crippen LogP contribution in [0.15, 0.2) is 48.5 Å². The molecule has 0 radical (unpaired) electrons. The Hall–Kier alpha value is -2.57. The summed E-state index contributed by atoms with van der Waals surface area (Å²) in [5, 5.41) is 3.34. The molecule has 0 aromatic heterocycles. The quantitative estimate of drug-likeness (QED) is 0.755. The number of hydrogen-bond acceptors (Lipinski definition) is 4. The molecule has 1 saturated heterocycles. The lowest BCUT2D eigenvalue weighted by Gasteiger charge is -2.34. The number of halogens is 1. The lowest BCUT2D eigenvalue weighted by Crippen LogP contribution is -2.49. The molecule has 7 heteroatoms. The fourth-order valence-electron chi connectivity index (χ4n) is 3.26. The summed E-state index contributed by atoms with van der Waals surface area (Å²) in [6.07, 6.45) is 0.371. The van der Waals surface area contributed by atoms with Gasteiger partial charge in [-0.05, 0) is 29.8 Å². The lowest BCUT2D eigenvalue weighted by atomic mass is 10.1. The number of nitrogens with one attached hydrogen (secondary N) is 1. The van der Waals surface area contributed by atoms with Crippen LogP contribution >= 0.6 is 11.6 Å². The van der Waals surface area contributed by atoms with Crippen molar-refractivity contribution in [2.75, 3.05) is 44.6 Å². The second kappa shape index (κ2) is 10.3. The Kier molecular flexibility index (Phi) is 7.49. The third-order valence-electron chi connectivity index (χ3n) is 4.86. The van der Waals surface area contributed by atoms with Crippen molar-refractivity contribution < 1.29 is 14.3 Å². The van der Waals surface area contributed by atoms with Gasteiger partial charge in [0.1, 0.15) is 12.4 Å². The van der Waals surface area contributed by atoms with E-state index < -0.39 is 0 Å². The maximum absolute atomic E-state index is 12.6. The third kappa shape index (κ3) is 6.48.